The minimum absolute atomic E-state index is 0.121. The number of aliphatic carboxylic acids is 1. The fourth-order valence-electron chi connectivity index (χ4n) is 2.22. The van der Waals surface area contributed by atoms with Crippen molar-refractivity contribution in [2.24, 2.45) is 0 Å². The van der Waals surface area contributed by atoms with Crippen molar-refractivity contribution in [3.63, 3.8) is 0 Å². The van der Waals surface area contributed by atoms with Crippen LogP contribution in [0.5, 0.6) is 0 Å². The number of hydrogen-bond acceptors (Lipinski definition) is 2. The topological polar surface area (TPSA) is 66.4 Å². The van der Waals surface area contributed by atoms with E-state index in [-0.39, 0.29) is 6.42 Å². The number of carboxylic acid groups (broad SMARTS) is 1. The van der Waals surface area contributed by atoms with Crippen LogP contribution in [0.1, 0.15) is 16.7 Å². The average molecular weight is 363 g/mol. The number of hydrogen-bond donors (Lipinski definition) is 2. The lowest BCUT2D eigenvalue weighted by molar-refractivity contribution is -0.141. The van der Waals surface area contributed by atoms with E-state index in [0.717, 1.165) is 23.8 Å². The maximum absolute atomic E-state index is 12.5. The van der Waals surface area contributed by atoms with Crippen molar-refractivity contribution in [2.75, 3.05) is 0 Å². The summed E-state index contributed by atoms with van der Waals surface area (Å²) in [7, 11) is 0. The summed E-state index contributed by atoms with van der Waals surface area (Å²) in [5, 5.41) is 11.6. The Hall–Kier alpha value is -3.09. The van der Waals surface area contributed by atoms with Gasteiger partial charge in [-0.25, -0.2) is 4.79 Å². The van der Waals surface area contributed by atoms with Crippen LogP contribution in [0.4, 0.5) is 13.2 Å². The molecular formula is C19H16F3NO3. The van der Waals surface area contributed by atoms with Crippen molar-refractivity contribution in [2.45, 2.75) is 18.6 Å². The molecule has 7 heteroatoms. The zero-order valence-corrected chi connectivity index (χ0v) is 13.5. The quantitative estimate of drug-likeness (QED) is 0.772. The highest BCUT2D eigenvalue weighted by Gasteiger charge is 2.29. The molecule has 0 bridgehead atoms. The molecule has 2 aromatic carbocycles. The number of rotatable bonds is 6. The summed E-state index contributed by atoms with van der Waals surface area (Å²) in [4.78, 5) is 23.2. The van der Waals surface area contributed by atoms with Crippen LogP contribution >= 0.6 is 0 Å². The van der Waals surface area contributed by atoms with E-state index in [0.29, 0.717) is 5.56 Å². The van der Waals surface area contributed by atoms with Crippen LogP contribution in [-0.4, -0.2) is 23.0 Å². The van der Waals surface area contributed by atoms with E-state index in [2.05, 4.69) is 5.32 Å². The molecule has 0 aromatic heterocycles. The number of carbonyl (C=O) groups is 2. The van der Waals surface area contributed by atoms with Crippen molar-refractivity contribution < 1.29 is 27.9 Å². The molecule has 0 aliphatic rings. The minimum Gasteiger partial charge on any atom is -0.480 e. The van der Waals surface area contributed by atoms with E-state index in [4.69, 9.17) is 0 Å². The van der Waals surface area contributed by atoms with Gasteiger partial charge in [-0.15, -0.1) is 0 Å². The summed E-state index contributed by atoms with van der Waals surface area (Å²) in [5.41, 5.74) is 0.364. The second-order valence-corrected chi connectivity index (χ2v) is 5.54. The standard InChI is InChI=1S/C19H16F3NO3/c20-19(21,22)15-9-6-13(7-10-15)8-11-17(24)23-16(18(25)26)12-14-4-2-1-3-5-14/h1-11,16H,12H2,(H,23,24)(H,25,26)/b11-8+/t16-/m0/s1. The van der Waals surface area contributed by atoms with Gasteiger partial charge in [0.15, 0.2) is 0 Å². The van der Waals surface area contributed by atoms with Crippen LogP contribution in [0, 0.1) is 0 Å². The van der Waals surface area contributed by atoms with Crippen molar-refractivity contribution >= 4 is 18.0 Å². The van der Waals surface area contributed by atoms with Crippen LogP contribution in [0.25, 0.3) is 6.08 Å². The van der Waals surface area contributed by atoms with Crippen LogP contribution < -0.4 is 5.32 Å². The first kappa shape index (κ1) is 19.2. The van der Waals surface area contributed by atoms with E-state index in [9.17, 15) is 27.9 Å². The highest BCUT2D eigenvalue weighted by Crippen LogP contribution is 2.29. The Morgan fingerprint density at radius 2 is 1.65 bits per heavy atom. The highest BCUT2D eigenvalue weighted by molar-refractivity contribution is 5.94. The molecule has 1 amide bonds. The predicted octanol–water partition coefficient (Wildman–Crippen LogP) is 3.53. The van der Waals surface area contributed by atoms with E-state index in [1.165, 1.54) is 18.2 Å². The number of nitrogens with one attached hydrogen (secondary N) is 1. The van der Waals surface area contributed by atoms with Gasteiger partial charge in [0.05, 0.1) is 5.56 Å². The molecule has 0 aliphatic carbocycles. The number of halogens is 3. The Balaban J connectivity index is 1.99. The predicted molar refractivity (Wildman–Crippen MR) is 90.2 cm³/mol. The summed E-state index contributed by atoms with van der Waals surface area (Å²) in [6, 6.07) is 12.0. The minimum atomic E-state index is -4.42. The fourth-order valence-corrected chi connectivity index (χ4v) is 2.22. The molecule has 2 N–H and O–H groups in total. The molecule has 1 atom stereocenters. The lowest BCUT2D eigenvalue weighted by Gasteiger charge is -2.13. The maximum atomic E-state index is 12.5. The maximum Gasteiger partial charge on any atom is 0.416 e. The Morgan fingerprint density at radius 1 is 1.04 bits per heavy atom. The Kier molecular flexibility index (Phi) is 6.16. The Bertz CT molecular complexity index is 784. The van der Waals surface area contributed by atoms with E-state index < -0.39 is 29.7 Å². The van der Waals surface area contributed by atoms with Gasteiger partial charge in [0.1, 0.15) is 6.04 Å². The van der Waals surface area contributed by atoms with Gasteiger partial charge in [-0.3, -0.25) is 4.79 Å². The molecule has 0 spiro atoms. The molecule has 0 saturated heterocycles. The molecule has 0 unspecified atom stereocenters. The first-order chi connectivity index (χ1) is 12.3. The van der Waals surface area contributed by atoms with Crippen LogP contribution in [0.2, 0.25) is 0 Å². The summed E-state index contributed by atoms with van der Waals surface area (Å²) < 4.78 is 37.5. The largest absolute Gasteiger partial charge is 0.480 e. The van der Waals surface area contributed by atoms with Crippen molar-refractivity contribution in [3.05, 3.63) is 77.4 Å². The average Bonchev–Trinajstić information content (AvgIpc) is 2.60. The first-order valence-corrected chi connectivity index (χ1v) is 7.68. The third kappa shape index (κ3) is 5.77. The highest BCUT2D eigenvalue weighted by atomic mass is 19.4. The van der Waals surface area contributed by atoms with Crippen molar-refractivity contribution in [1.82, 2.24) is 5.32 Å². The van der Waals surface area contributed by atoms with Crippen LogP contribution in [-0.2, 0) is 22.2 Å². The molecule has 26 heavy (non-hydrogen) atoms. The van der Waals surface area contributed by atoms with Gasteiger partial charge in [-0.05, 0) is 29.3 Å². The summed E-state index contributed by atoms with van der Waals surface area (Å²) in [5.74, 6) is -1.82. The Labute approximate surface area is 148 Å². The fraction of sp³-hybridized carbons (Fsp3) is 0.158. The van der Waals surface area contributed by atoms with Crippen LogP contribution in [0.3, 0.4) is 0 Å². The van der Waals surface area contributed by atoms with Gasteiger partial charge >= 0.3 is 12.1 Å². The first-order valence-electron chi connectivity index (χ1n) is 7.68. The number of alkyl halides is 3. The van der Waals surface area contributed by atoms with E-state index in [1.807, 2.05) is 0 Å². The number of carbonyl (C=O) groups excluding carboxylic acids is 1. The van der Waals surface area contributed by atoms with Gasteiger partial charge in [0.2, 0.25) is 5.91 Å². The number of benzene rings is 2. The van der Waals surface area contributed by atoms with Crippen LogP contribution in [0.15, 0.2) is 60.7 Å². The van der Waals surface area contributed by atoms with Crippen molar-refractivity contribution in [3.8, 4) is 0 Å². The SMILES string of the molecule is O=C(/C=C/c1ccc(C(F)(F)F)cc1)N[C@@H](Cc1ccccc1)C(=O)O. The van der Waals surface area contributed by atoms with E-state index >= 15 is 0 Å². The third-order valence-corrected chi connectivity index (χ3v) is 3.56. The molecule has 4 nitrogen and oxygen atoms in total. The lowest BCUT2D eigenvalue weighted by atomic mass is 10.1. The molecule has 0 fully saturated rings. The molecule has 0 radical (unpaired) electrons. The number of amides is 1. The van der Waals surface area contributed by atoms with Gasteiger partial charge < -0.3 is 10.4 Å². The number of carboxylic acids is 1. The smallest absolute Gasteiger partial charge is 0.416 e. The molecule has 2 rings (SSSR count). The lowest BCUT2D eigenvalue weighted by Crippen LogP contribution is -2.41. The normalized spacial score (nSPS) is 12.7. The van der Waals surface area contributed by atoms with E-state index in [1.54, 1.807) is 30.3 Å². The Morgan fingerprint density at radius 3 is 2.19 bits per heavy atom. The molecular weight excluding hydrogens is 347 g/mol. The third-order valence-electron chi connectivity index (χ3n) is 3.56. The van der Waals surface area contributed by atoms with Gasteiger partial charge in [0, 0.05) is 12.5 Å². The van der Waals surface area contributed by atoms with Gasteiger partial charge in [-0.2, -0.15) is 13.2 Å². The second-order valence-electron chi connectivity index (χ2n) is 5.54. The molecule has 136 valence electrons. The summed E-state index contributed by atoms with van der Waals surface area (Å²) in [6.45, 7) is 0. The molecule has 0 aliphatic heterocycles. The summed E-state index contributed by atoms with van der Waals surface area (Å²) in [6.07, 6.45) is -1.90. The second kappa shape index (κ2) is 8.33. The van der Waals surface area contributed by atoms with Crippen molar-refractivity contribution in [1.29, 1.82) is 0 Å². The molecule has 0 saturated carbocycles. The monoisotopic (exact) mass is 363 g/mol. The zero-order valence-electron chi connectivity index (χ0n) is 13.5. The zero-order chi connectivity index (χ0) is 19.2. The molecule has 0 heterocycles. The van der Waals surface area contributed by atoms with Gasteiger partial charge in [-0.1, -0.05) is 42.5 Å². The molecule has 2 aromatic rings. The summed E-state index contributed by atoms with van der Waals surface area (Å²) >= 11 is 0. The van der Waals surface area contributed by atoms with Gasteiger partial charge in [0.25, 0.3) is 0 Å².